The third-order valence-corrected chi connectivity index (χ3v) is 5.13. The smallest absolute Gasteiger partial charge is 0.261 e. The number of rotatable bonds is 11. The third-order valence-electron chi connectivity index (χ3n) is 5.13. The lowest BCUT2D eigenvalue weighted by atomic mass is 10.1. The monoisotopic (exact) mass is 463 g/mol. The van der Waals surface area contributed by atoms with E-state index in [1.807, 2.05) is 7.05 Å². The molecule has 3 rings (SSSR count). The van der Waals surface area contributed by atoms with Crippen LogP contribution in [0.15, 0.2) is 82.2 Å². The van der Waals surface area contributed by atoms with Gasteiger partial charge in [-0.2, -0.15) is 10.1 Å². The summed E-state index contributed by atoms with van der Waals surface area (Å²) in [5.41, 5.74) is 19.4. The molecule has 11 heteroatoms. The van der Waals surface area contributed by atoms with Crippen LogP contribution in [-0.2, 0) is 17.8 Å². The molecule has 0 spiro atoms. The second-order valence-electron chi connectivity index (χ2n) is 7.83. The van der Waals surface area contributed by atoms with Crippen molar-refractivity contribution in [3.8, 4) is 11.5 Å². The van der Waals surface area contributed by atoms with Crippen molar-refractivity contribution in [2.75, 3.05) is 7.05 Å². The van der Waals surface area contributed by atoms with Crippen molar-refractivity contribution in [1.82, 2.24) is 24.8 Å². The molecule has 0 bridgehead atoms. The maximum atomic E-state index is 12.3. The molecule has 0 saturated heterocycles. The van der Waals surface area contributed by atoms with Gasteiger partial charge in [0.2, 0.25) is 5.91 Å². The first-order valence-corrected chi connectivity index (χ1v) is 10.6. The summed E-state index contributed by atoms with van der Waals surface area (Å²) in [5, 5.41) is 8.24. The third kappa shape index (κ3) is 6.55. The number of allylic oxidation sites excluding steroid dienone is 5. The number of hydrogen-bond donors (Lipinski definition) is 3. The van der Waals surface area contributed by atoms with Crippen LogP contribution in [-0.4, -0.2) is 50.0 Å². The van der Waals surface area contributed by atoms with E-state index >= 15 is 0 Å². The average molecular weight is 464 g/mol. The molecule has 0 atom stereocenters. The second-order valence-corrected chi connectivity index (χ2v) is 7.83. The maximum Gasteiger partial charge on any atom is 0.261 e. The number of carbonyl (C=O) groups is 1. The number of likely N-dealkylation sites (N-methyl/N-ethyl adjacent to an activating group) is 1. The van der Waals surface area contributed by atoms with E-state index in [0.29, 0.717) is 40.9 Å². The maximum absolute atomic E-state index is 12.3. The Hall–Kier alpha value is -4.41. The number of hydrogen-bond acceptors (Lipinski definition) is 9. The van der Waals surface area contributed by atoms with E-state index in [2.05, 4.69) is 33.4 Å². The van der Waals surface area contributed by atoms with Crippen LogP contribution in [0.5, 0.6) is 0 Å². The van der Waals surface area contributed by atoms with E-state index in [4.69, 9.17) is 21.7 Å². The van der Waals surface area contributed by atoms with E-state index in [0.717, 1.165) is 18.4 Å². The Morgan fingerprint density at radius 2 is 2.09 bits per heavy atom. The summed E-state index contributed by atoms with van der Waals surface area (Å²) in [4.78, 5) is 22.4. The van der Waals surface area contributed by atoms with Gasteiger partial charge in [0.05, 0.1) is 11.8 Å². The van der Waals surface area contributed by atoms with Crippen LogP contribution in [0.25, 0.3) is 11.5 Å². The molecule has 0 unspecified atom stereocenters. The highest BCUT2D eigenvalue weighted by atomic mass is 16.5. The normalized spacial score (nSPS) is 14.7. The molecule has 1 aliphatic carbocycles. The first-order valence-electron chi connectivity index (χ1n) is 10.6. The van der Waals surface area contributed by atoms with Crippen LogP contribution in [0.4, 0.5) is 0 Å². The van der Waals surface area contributed by atoms with Crippen LogP contribution >= 0.6 is 0 Å². The fourth-order valence-corrected chi connectivity index (χ4v) is 2.96. The SMILES string of the molecule is C=C(N)N=C/C(=C\N)C(=C)/C=C\C(=C/N)Cc1noc(-c2cnn(CC(=O)N(C)C3CC3)c2)n1. The largest absolute Gasteiger partial charge is 0.404 e. The average Bonchev–Trinajstić information content (AvgIpc) is 3.38. The van der Waals surface area contributed by atoms with E-state index in [-0.39, 0.29) is 18.3 Å². The molecule has 2 heterocycles. The molecule has 0 aliphatic heterocycles. The van der Waals surface area contributed by atoms with Crippen molar-refractivity contribution < 1.29 is 9.32 Å². The van der Waals surface area contributed by atoms with Crippen LogP contribution in [0.3, 0.4) is 0 Å². The van der Waals surface area contributed by atoms with Gasteiger partial charge in [0.15, 0.2) is 5.82 Å². The van der Waals surface area contributed by atoms with Gasteiger partial charge in [0.1, 0.15) is 12.4 Å². The molecule has 1 aliphatic rings. The van der Waals surface area contributed by atoms with E-state index in [1.165, 1.54) is 18.6 Å². The number of carbonyl (C=O) groups excluding carboxylic acids is 1. The molecule has 0 radical (unpaired) electrons. The van der Waals surface area contributed by atoms with Crippen LogP contribution in [0.2, 0.25) is 0 Å². The van der Waals surface area contributed by atoms with Crippen LogP contribution in [0.1, 0.15) is 18.7 Å². The fourth-order valence-electron chi connectivity index (χ4n) is 2.96. The summed E-state index contributed by atoms with van der Waals surface area (Å²) in [7, 11) is 1.82. The van der Waals surface area contributed by atoms with E-state index in [1.54, 1.807) is 34.1 Å². The van der Waals surface area contributed by atoms with Gasteiger partial charge in [-0.3, -0.25) is 9.48 Å². The van der Waals surface area contributed by atoms with Crippen molar-refractivity contribution >= 4 is 12.1 Å². The first kappa shape index (κ1) is 24.2. The molecular formula is C23H29N9O2. The molecule has 11 nitrogen and oxygen atoms in total. The molecule has 1 fully saturated rings. The van der Waals surface area contributed by atoms with Gasteiger partial charge < -0.3 is 26.6 Å². The number of amides is 1. The highest BCUT2D eigenvalue weighted by molar-refractivity contribution is 5.86. The van der Waals surface area contributed by atoms with Gasteiger partial charge in [-0.15, -0.1) is 0 Å². The van der Waals surface area contributed by atoms with Gasteiger partial charge in [-0.05, 0) is 30.2 Å². The topological polar surface area (TPSA) is 167 Å². The molecular weight excluding hydrogens is 434 g/mol. The number of aliphatic imine (C=N–C) groups is 1. The lowest BCUT2D eigenvalue weighted by molar-refractivity contribution is -0.131. The van der Waals surface area contributed by atoms with Gasteiger partial charge >= 0.3 is 0 Å². The highest BCUT2D eigenvalue weighted by Crippen LogP contribution is 2.25. The number of aromatic nitrogens is 4. The van der Waals surface area contributed by atoms with Gasteiger partial charge in [-0.1, -0.05) is 30.5 Å². The Morgan fingerprint density at radius 3 is 2.74 bits per heavy atom. The summed E-state index contributed by atoms with van der Waals surface area (Å²) < 4.78 is 6.92. The Kier molecular flexibility index (Phi) is 7.80. The van der Waals surface area contributed by atoms with Crippen LogP contribution in [0, 0.1) is 0 Å². The minimum atomic E-state index is 0.0151. The Bertz CT molecular complexity index is 1180. The second kappa shape index (κ2) is 10.9. The molecule has 2 aromatic heterocycles. The van der Waals surface area contributed by atoms with Crippen molar-refractivity contribution in [2.24, 2.45) is 22.2 Å². The molecule has 0 aromatic carbocycles. The van der Waals surface area contributed by atoms with Crippen molar-refractivity contribution in [1.29, 1.82) is 0 Å². The summed E-state index contributed by atoms with van der Waals surface area (Å²) in [6.07, 6.45) is 13.5. The molecule has 1 saturated carbocycles. The first-order chi connectivity index (χ1) is 16.3. The Balaban J connectivity index is 1.60. The Morgan fingerprint density at radius 1 is 1.32 bits per heavy atom. The molecule has 34 heavy (non-hydrogen) atoms. The summed E-state index contributed by atoms with van der Waals surface area (Å²) in [5.74, 6) is 0.922. The van der Waals surface area contributed by atoms with Gasteiger partial charge in [0.25, 0.3) is 5.89 Å². The number of nitrogens with two attached hydrogens (primary N) is 3. The lowest BCUT2D eigenvalue weighted by Gasteiger charge is -2.15. The lowest BCUT2D eigenvalue weighted by Crippen LogP contribution is -2.32. The summed E-state index contributed by atoms with van der Waals surface area (Å²) >= 11 is 0. The van der Waals surface area contributed by atoms with Crippen molar-refractivity contribution in [3.63, 3.8) is 0 Å². The van der Waals surface area contributed by atoms with Gasteiger partial charge in [0, 0.05) is 43.7 Å². The zero-order chi connectivity index (χ0) is 24.7. The Labute approximate surface area is 197 Å². The molecule has 1 amide bonds. The molecule has 178 valence electrons. The minimum Gasteiger partial charge on any atom is -0.404 e. The quantitative estimate of drug-likeness (QED) is 0.332. The van der Waals surface area contributed by atoms with Crippen molar-refractivity contribution in [3.05, 3.63) is 78.5 Å². The standard InChI is InChI=1S/C23H29N9O2/c1-15(18(10-25)11-27-16(2)26)4-5-17(9-24)8-21-29-23(34-30-21)19-12-28-32(13-19)14-22(33)31(3)20-6-7-20/h4-5,9-13,20H,1-2,6-8,14,24-26H2,3H3/b5-4-,17-9+,18-10+,27-11?. The van der Waals surface area contributed by atoms with E-state index < -0.39 is 0 Å². The zero-order valence-electron chi connectivity index (χ0n) is 19.1. The predicted molar refractivity (Wildman–Crippen MR) is 130 cm³/mol. The summed E-state index contributed by atoms with van der Waals surface area (Å²) in [6.45, 7) is 7.62. The van der Waals surface area contributed by atoms with Gasteiger partial charge in [-0.25, -0.2) is 4.99 Å². The summed E-state index contributed by atoms with van der Waals surface area (Å²) in [6, 6.07) is 0.356. The molecule has 6 N–H and O–H groups in total. The number of nitrogens with zero attached hydrogens (tertiary/aromatic N) is 6. The van der Waals surface area contributed by atoms with E-state index in [9.17, 15) is 4.79 Å². The zero-order valence-corrected chi connectivity index (χ0v) is 19.1. The fraction of sp³-hybridized carbons (Fsp3) is 0.261. The van der Waals surface area contributed by atoms with Crippen molar-refractivity contribution in [2.45, 2.75) is 31.8 Å². The van der Waals surface area contributed by atoms with Crippen LogP contribution < -0.4 is 17.2 Å². The predicted octanol–water partition coefficient (Wildman–Crippen LogP) is 1.39. The minimum absolute atomic E-state index is 0.0151. The highest BCUT2D eigenvalue weighted by Gasteiger charge is 2.29. The molecule has 2 aromatic rings.